The standard InChI is InChI=1S/C34H39FN8O7/c1-18-22(14-36-16-24(18)43(31(46)47)32(48)50-34(5,6)7)21-11-19-12-25(38-26-13-20-9-10-41(8)27(44)17-42(20)40-26)37-15-23(19)29(28(21)35)39-30(45)49-33(2,3)4/h11-16H,9-10,17H2,1-8H3,(H,39,45)(H,46,47)(H,37,38,40). The van der Waals surface area contributed by atoms with Crippen molar-refractivity contribution in [3.63, 3.8) is 0 Å². The summed E-state index contributed by atoms with van der Waals surface area (Å²) < 4.78 is 28.9. The van der Waals surface area contributed by atoms with Gasteiger partial charge in [-0.1, -0.05) is 0 Å². The van der Waals surface area contributed by atoms with Gasteiger partial charge in [0.1, 0.15) is 23.6 Å². The molecule has 1 aliphatic rings. The number of carbonyl (C=O) groups excluding carboxylic acids is 3. The average molecular weight is 691 g/mol. The second-order valence-electron chi connectivity index (χ2n) is 13.8. The molecule has 0 saturated carbocycles. The monoisotopic (exact) mass is 690 g/mol. The average Bonchev–Trinajstić information content (AvgIpc) is 3.30. The molecule has 0 unspecified atom stereocenters. The van der Waals surface area contributed by atoms with Crippen LogP contribution in [0.25, 0.3) is 21.9 Å². The van der Waals surface area contributed by atoms with Crippen LogP contribution in [0.3, 0.4) is 0 Å². The van der Waals surface area contributed by atoms with E-state index in [1.807, 2.05) is 6.07 Å². The number of likely N-dealkylation sites (N-methyl/N-ethyl adjacent to an activating group) is 1. The molecule has 4 heterocycles. The molecule has 1 aromatic carbocycles. The molecule has 50 heavy (non-hydrogen) atoms. The highest BCUT2D eigenvalue weighted by Gasteiger charge is 2.31. The number of halogens is 1. The number of amides is 4. The van der Waals surface area contributed by atoms with Crippen LogP contribution < -0.4 is 15.5 Å². The van der Waals surface area contributed by atoms with Gasteiger partial charge in [-0.3, -0.25) is 19.8 Å². The molecule has 3 N–H and O–H groups in total. The van der Waals surface area contributed by atoms with Gasteiger partial charge in [0.25, 0.3) is 0 Å². The maximum Gasteiger partial charge on any atom is 0.424 e. The molecule has 4 amide bonds. The van der Waals surface area contributed by atoms with Crippen molar-refractivity contribution in [3.8, 4) is 11.1 Å². The molecule has 0 saturated heterocycles. The third-order valence-corrected chi connectivity index (χ3v) is 7.61. The first-order valence-corrected chi connectivity index (χ1v) is 15.7. The van der Waals surface area contributed by atoms with E-state index in [2.05, 4.69) is 25.7 Å². The molecule has 5 rings (SSSR count). The number of benzene rings is 1. The van der Waals surface area contributed by atoms with E-state index in [1.165, 1.54) is 31.6 Å². The first-order chi connectivity index (χ1) is 23.3. The molecular weight excluding hydrogens is 651 g/mol. The number of anilines is 4. The van der Waals surface area contributed by atoms with Crippen LogP contribution in [0, 0.1) is 12.7 Å². The van der Waals surface area contributed by atoms with Gasteiger partial charge in [-0.2, -0.15) is 10.00 Å². The fourth-order valence-corrected chi connectivity index (χ4v) is 5.30. The fraction of sp³-hybridized carbons (Fsp3) is 0.382. The minimum atomic E-state index is -1.62. The number of carboxylic acid groups (broad SMARTS) is 1. The minimum Gasteiger partial charge on any atom is -0.464 e. The molecule has 4 aromatic rings. The zero-order valence-corrected chi connectivity index (χ0v) is 29.0. The predicted octanol–water partition coefficient (Wildman–Crippen LogP) is 6.47. The van der Waals surface area contributed by atoms with E-state index in [0.29, 0.717) is 34.9 Å². The number of nitrogens with one attached hydrogen (secondary N) is 2. The van der Waals surface area contributed by atoms with E-state index in [0.717, 1.165) is 5.69 Å². The Morgan fingerprint density at radius 2 is 1.68 bits per heavy atom. The molecule has 264 valence electrons. The van der Waals surface area contributed by atoms with Gasteiger partial charge in [0, 0.05) is 60.7 Å². The van der Waals surface area contributed by atoms with Crippen molar-refractivity contribution in [2.75, 3.05) is 29.1 Å². The summed E-state index contributed by atoms with van der Waals surface area (Å²) in [4.78, 5) is 61.1. The maximum absolute atomic E-state index is 16.6. The number of hydrogen-bond acceptors (Lipinski definition) is 10. The van der Waals surface area contributed by atoms with Crippen LogP contribution in [-0.4, -0.2) is 78.7 Å². The van der Waals surface area contributed by atoms with Crippen molar-refractivity contribution in [2.45, 2.75) is 72.6 Å². The van der Waals surface area contributed by atoms with Gasteiger partial charge in [-0.25, -0.2) is 23.8 Å². The Labute approximate surface area is 287 Å². The number of carbonyl (C=O) groups is 4. The molecule has 0 radical (unpaired) electrons. The number of hydrogen-bond donors (Lipinski definition) is 3. The number of rotatable bonds is 5. The van der Waals surface area contributed by atoms with Crippen LogP contribution in [0.1, 0.15) is 52.8 Å². The Hall–Kier alpha value is -5.80. The Morgan fingerprint density at radius 3 is 2.34 bits per heavy atom. The summed E-state index contributed by atoms with van der Waals surface area (Å²) in [7, 11) is 1.74. The third kappa shape index (κ3) is 7.74. The third-order valence-electron chi connectivity index (χ3n) is 7.61. The lowest BCUT2D eigenvalue weighted by Gasteiger charge is -2.25. The maximum atomic E-state index is 16.6. The zero-order valence-electron chi connectivity index (χ0n) is 29.0. The largest absolute Gasteiger partial charge is 0.464 e. The lowest BCUT2D eigenvalue weighted by molar-refractivity contribution is -0.130. The summed E-state index contributed by atoms with van der Waals surface area (Å²) in [6.45, 7) is 11.9. The van der Waals surface area contributed by atoms with Crippen molar-refractivity contribution in [1.29, 1.82) is 0 Å². The summed E-state index contributed by atoms with van der Waals surface area (Å²) in [6, 6.07) is 4.95. The quantitative estimate of drug-likeness (QED) is 0.209. The van der Waals surface area contributed by atoms with E-state index in [9.17, 15) is 24.3 Å². The van der Waals surface area contributed by atoms with E-state index in [1.54, 1.807) is 64.2 Å². The highest BCUT2D eigenvalue weighted by Crippen LogP contribution is 2.39. The topological polar surface area (TPSA) is 181 Å². The molecule has 16 heteroatoms. The molecule has 0 spiro atoms. The van der Waals surface area contributed by atoms with Gasteiger partial charge in [0.05, 0.1) is 17.6 Å². The van der Waals surface area contributed by atoms with Crippen molar-refractivity contribution < 1.29 is 38.1 Å². The summed E-state index contributed by atoms with van der Waals surface area (Å²) >= 11 is 0. The SMILES string of the molecule is Cc1c(-c2cc3cc(Nc4cc5n(n4)CC(=O)N(C)CC5)ncc3c(NC(=O)OC(C)(C)C)c2F)cncc1N(C(=O)O)C(=O)OC(C)(C)C. The first-order valence-electron chi connectivity index (χ1n) is 15.7. The van der Waals surface area contributed by atoms with E-state index < -0.39 is 35.3 Å². The number of pyridine rings is 2. The lowest BCUT2D eigenvalue weighted by atomic mass is 9.97. The number of aromatic nitrogens is 4. The Bertz CT molecular complexity index is 2020. The minimum absolute atomic E-state index is 0.0570. The van der Waals surface area contributed by atoms with Gasteiger partial charge in [0.15, 0.2) is 11.6 Å². The highest BCUT2D eigenvalue weighted by atomic mass is 19.1. The number of nitrogens with zero attached hydrogens (tertiary/aromatic N) is 6. The second kappa shape index (κ2) is 13.2. The Kier molecular flexibility index (Phi) is 9.41. The fourth-order valence-electron chi connectivity index (χ4n) is 5.30. The molecule has 15 nitrogen and oxygen atoms in total. The lowest BCUT2D eigenvalue weighted by Crippen LogP contribution is -2.40. The van der Waals surface area contributed by atoms with Gasteiger partial charge in [0.2, 0.25) is 5.91 Å². The molecule has 0 fully saturated rings. The zero-order chi connectivity index (χ0) is 36.7. The summed E-state index contributed by atoms with van der Waals surface area (Å²) in [5.41, 5.74) is -1.13. The Morgan fingerprint density at radius 1 is 0.980 bits per heavy atom. The first kappa shape index (κ1) is 35.5. The predicted molar refractivity (Wildman–Crippen MR) is 183 cm³/mol. The number of fused-ring (bicyclic) bond motifs is 2. The normalized spacial score (nSPS) is 13.4. The summed E-state index contributed by atoms with van der Waals surface area (Å²) in [6.07, 6.45) is 0.793. The molecular formula is C34H39FN8O7. The van der Waals surface area contributed by atoms with E-state index in [4.69, 9.17) is 9.47 Å². The van der Waals surface area contributed by atoms with Crippen LogP contribution >= 0.6 is 0 Å². The van der Waals surface area contributed by atoms with Crippen molar-refractivity contribution in [3.05, 3.63) is 53.9 Å². The van der Waals surface area contributed by atoms with Gasteiger partial charge in [-0.15, -0.1) is 0 Å². The molecule has 1 aliphatic heterocycles. The van der Waals surface area contributed by atoms with Gasteiger partial charge in [-0.05, 0) is 71.5 Å². The van der Waals surface area contributed by atoms with Crippen molar-refractivity contribution in [2.24, 2.45) is 0 Å². The number of imide groups is 1. The van der Waals surface area contributed by atoms with Gasteiger partial charge < -0.3 is 24.8 Å². The van der Waals surface area contributed by atoms with Crippen molar-refractivity contribution in [1.82, 2.24) is 24.6 Å². The molecule has 0 bridgehead atoms. The summed E-state index contributed by atoms with van der Waals surface area (Å²) in [5.74, 6) is -0.157. The second-order valence-corrected chi connectivity index (χ2v) is 13.8. The Balaban J connectivity index is 1.61. The molecule has 3 aromatic heterocycles. The van der Waals surface area contributed by atoms with Crippen molar-refractivity contribution >= 4 is 58.0 Å². The van der Waals surface area contributed by atoms with Crippen LogP contribution in [0.2, 0.25) is 0 Å². The van der Waals surface area contributed by atoms with E-state index in [-0.39, 0.29) is 45.9 Å². The molecule has 0 aliphatic carbocycles. The smallest absolute Gasteiger partial charge is 0.424 e. The van der Waals surface area contributed by atoms with Crippen LogP contribution in [0.15, 0.2) is 36.8 Å². The molecule has 0 atom stereocenters. The van der Waals surface area contributed by atoms with E-state index >= 15 is 4.39 Å². The van der Waals surface area contributed by atoms with Crippen LogP contribution in [-0.2, 0) is 27.2 Å². The summed E-state index contributed by atoms with van der Waals surface area (Å²) in [5, 5.41) is 20.8. The highest BCUT2D eigenvalue weighted by molar-refractivity contribution is 6.10. The van der Waals surface area contributed by atoms with Gasteiger partial charge >= 0.3 is 18.3 Å². The van der Waals surface area contributed by atoms with Crippen LogP contribution in [0.5, 0.6) is 0 Å². The van der Waals surface area contributed by atoms with Crippen LogP contribution in [0.4, 0.5) is 41.8 Å². The number of ether oxygens (including phenoxy) is 2.